The highest BCUT2D eigenvalue weighted by atomic mass is 16.5. The maximum atomic E-state index is 10.5. The minimum absolute atomic E-state index is 0.310. The van der Waals surface area contributed by atoms with Gasteiger partial charge in [0.1, 0.15) is 18.0 Å². The number of nitrogens with zero attached hydrogens (tertiary/aromatic N) is 1. The zero-order valence-electron chi connectivity index (χ0n) is 11.9. The number of hydrogen-bond donors (Lipinski definition) is 1. The van der Waals surface area contributed by atoms with Crippen molar-refractivity contribution in [3.8, 4) is 5.75 Å². The van der Waals surface area contributed by atoms with E-state index in [1.165, 1.54) is 0 Å². The van der Waals surface area contributed by atoms with Gasteiger partial charge in [-0.25, -0.2) is 0 Å². The molecule has 1 N–H and O–H groups in total. The predicted octanol–water partition coefficient (Wildman–Crippen LogP) is 2.73. The Morgan fingerprint density at radius 2 is 1.50 bits per heavy atom. The van der Waals surface area contributed by atoms with Crippen LogP contribution in [0.15, 0.2) is 60.7 Å². The van der Waals surface area contributed by atoms with Crippen molar-refractivity contribution in [1.29, 1.82) is 0 Å². The van der Waals surface area contributed by atoms with Crippen LogP contribution in [0.5, 0.6) is 5.75 Å². The third-order valence-corrected chi connectivity index (χ3v) is 3.07. The van der Waals surface area contributed by atoms with Crippen LogP contribution in [0.25, 0.3) is 0 Å². The van der Waals surface area contributed by atoms with Crippen LogP contribution in [0.1, 0.15) is 11.7 Å². The van der Waals surface area contributed by atoms with Crippen molar-refractivity contribution in [1.82, 2.24) is 4.90 Å². The van der Waals surface area contributed by atoms with Gasteiger partial charge in [0.15, 0.2) is 0 Å². The maximum absolute atomic E-state index is 10.5. The lowest BCUT2D eigenvalue weighted by molar-refractivity contribution is 0.0206. The molecule has 0 fully saturated rings. The van der Waals surface area contributed by atoms with Crippen LogP contribution < -0.4 is 4.74 Å². The van der Waals surface area contributed by atoms with Crippen molar-refractivity contribution < 1.29 is 9.84 Å². The van der Waals surface area contributed by atoms with E-state index >= 15 is 0 Å². The molecule has 0 saturated heterocycles. The van der Waals surface area contributed by atoms with Gasteiger partial charge in [-0.1, -0.05) is 48.5 Å². The van der Waals surface area contributed by atoms with Crippen molar-refractivity contribution in [3.63, 3.8) is 0 Å². The number of para-hydroxylation sites is 1. The third kappa shape index (κ3) is 4.08. The standard InChI is InChI=1S/C17H21NO2/c1-18(2)13-16(20-15-11-7-4-8-12-15)17(19)14-9-5-3-6-10-14/h3-12,16-17,19H,13H2,1-2H3. The first-order valence-corrected chi connectivity index (χ1v) is 6.76. The summed E-state index contributed by atoms with van der Waals surface area (Å²) in [5.41, 5.74) is 0.871. The van der Waals surface area contributed by atoms with Crippen molar-refractivity contribution in [3.05, 3.63) is 66.2 Å². The Morgan fingerprint density at radius 1 is 0.950 bits per heavy atom. The first-order chi connectivity index (χ1) is 9.66. The van der Waals surface area contributed by atoms with Crippen LogP contribution in [-0.2, 0) is 0 Å². The van der Waals surface area contributed by atoms with E-state index < -0.39 is 6.10 Å². The van der Waals surface area contributed by atoms with Crippen LogP contribution in [0, 0.1) is 0 Å². The van der Waals surface area contributed by atoms with Gasteiger partial charge in [-0.2, -0.15) is 0 Å². The summed E-state index contributed by atoms with van der Waals surface area (Å²) in [5, 5.41) is 10.5. The fraction of sp³-hybridized carbons (Fsp3) is 0.294. The number of hydrogen-bond acceptors (Lipinski definition) is 3. The molecule has 2 atom stereocenters. The fourth-order valence-electron chi connectivity index (χ4n) is 2.10. The van der Waals surface area contributed by atoms with Gasteiger partial charge >= 0.3 is 0 Å². The monoisotopic (exact) mass is 271 g/mol. The highest BCUT2D eigenvalue weighted by Crippen LogP contribution is 2.22. The minimum Gasteiger partial charge on any atom is -0.486 e. The molecule has 0 heterocycles. The molecule has 0 aliphatic rings. The highest BCUT2D eigenvalue weighted by molar-refractivity contribution is 5.23. The molecular weight excluding hydrogens is 250 g/mol. The zero-order valence-corrected chi connectivity index (χ0v) is 11.9. The number of ether oxygens (including phenoxy) is 1. The lowest BCUT2D eigenvalue weighted by Gasteiger charge is -2.27. The van der Waals surface area contributed by atoms with Crippen molar-refractivity contribution in [2.24, 2.45) is 0 Å². The molecule has 20 heavy (non-hydrogen) atoms. The Bertz CT molecular complexity index is 499. The summed E-state index contributed by atoms with van der Waals surface area (Å²) in [7, 11) is 3.94. The molecule has 2 unspecified atom stereocenters. The number of likely N-dealkylation sites (N-methyl/N-ethyl adjacent to an activating group) is 1. The zero-order chi connectivity index (χ0) is 14.4. The number of aliphatic hydroxyl groups is 1. The van der Waals surface area contributed by atoms with Gasteiger partial charge in [-0.3, -0.25) is 0 Å². The molecule has 0 amide bonds. The quantitative estimate of drug-likeness (QED) is 0.877. The summed E-state index contributed by atoms with van der Waals surface area (Å²) >= 11 is 0. The average molecular weight is 271 g/mol. The molecule has 0 aliphatic carbocycles. The topological polar surface area (TPSA) is 32.7 Å². The maximum Gasteiger partial charge on any atom is 0.141 e. The Labute approximate surface area is 120 Å². The van der Waals surface area contributed by atoms with E-state index in [1.54, 1.807) is 0 Å². The van der Waals surface area contributed by atoms with E-state index in [9.17, 15) is 5.11 Å². The number of aliphatic hydroxyl groups excluding tert-OH is 1. The molecule has 106 valence electrons. The van der Waals surface area contributed by atoms with Gasteiger partial charge in [-0.15, -0.1) is 0 Å². The summed E-state index contributed by atoms with van der Waals surface area (Å²) in [4.78, 5) is 2.01. The second-order valence-electron chi connectivity index (χ2n) is 5.09. The first kappa shape index (κ1) is 14.6. The molecular formula is C17H21NO2. The predicted molar refractivity (Wildman–Crippen MR) is 80.8 cm³/mol. The average Bonchev–Trinajstić information content (AvgIpc) is 2.47. The number of rotatable bonds is 6. The van der Waals surface area contributed by atoms with E-state index in [-0.39, 0.29) is 6.10 Å². The normalized spacial score (nSPS) is 14.0. The van der Waals surface area contributed by atoms with Crippen LogP contribution in [0.3, 0.4) is 0 Å². The SMILES string of the molecule is CN(C)CC(Oc1ccccc1)C(O)c1ccccc1. The lowest BCUT2D eigenvalue weighted by atomic mass is 10.0. The van der Waals surface area contributed by atoms with Gasteiger partial charge in [0.2, 0.25) is 0 Å². The van der Waals surface area contributed by atoms with E-state index in [1.807, 2.05) is 79.7 Å². The lowest BCUT2D eigenvalue weighted by Crippen LogP contribution is -2.36. The first-order valence-electron chi connectivity index (χ1n) is 6.76. The van der Waals surface area contributed by atoms with E-state index in [2.05, 4.69) is 0 Å². The van der Waals surface area contributed by atoms with Crippen LogP contribution in [-0.4, -0.2) is 36.8 Å². The van der Waals surface area contributed by atoms with Crippen LogP contribution in [0.2, 0.25) is 0 Å². The Morgan fingerprint density at radius 3 is 2.05 bits per heavy atom. The Kier molecular flexibility index (Phi) is 5.16. The molecule has 2 aromatic carbocycles. The molecule has 0 radical (unpaired) electrons. The molecule has 0 bridgehead atoms. The molecule has 0 aromatic heterocycles. The molecule has 0 spiro atoms. The van der Waals surface area contributed by atoms with E-state index in [0.29, 0.717) is 6.54 Å². The molecule has 3 nitrogen and oxygen atoms in total. The fourth-order valence-corrected chi connectivity index (χ4v) is 2.10. The van der Waals surface area contributed by atoms with Crippen molar-refractivity contribution >= 4 is 0 Å². The van der Waals surface area contributed by atoms with Crippen molar-refractivity contribution in [2.45, 2.75) is 12.2 Å². The molecule has 2 rings (SSSR count). The molecule has 0 saturated carbocycles. The van der Waals surface area contributed by atoms with Crippen LogP contribution in [0.4, 0.5) is 0 Å². The van der Waals surface area contributed by atoms with Crippen LogP contribution >= 0.6 is 0 Å². The summed E-state index contributed by atoms with van der Waals surface area (Å²) in [6.07, 6.45) is -0.964. The summed E-state index contributed by atoms with van der Waals surface area (Å²) in [5.74, 6) is 0.773. The number of benzene rings is 2. The van der Waals surface area contributed by atoms with Gasteiger partial charge in [0.25, 0.3) is 0 Å². The third-order valence-electron chi connectivity index (χ3n) is 3.07. The molecule has 0 aliphatic heterocycles. The second-order valence-corrected chi connectivity index (χ2v) is 5.09. The van der Waals surface area contributed by atoms with Gasteiger partial charge in [0, 0.05) is 6.54 Å². The minimum atomic E-state index is -0.654. The van der Waals surface area contributed by atoms with Gasteiger partial charge in [-0.05, 0) is 31.8 Å². The summed E-state index contributed by atoms with van der Waals surface area (Å²) in [6.45, 7) is 0.644. The largest absolute Gasteiger partial charge is 0.486 e. The second kappa shape index (κ2) is 7.08. The summed E-state index contributed by atoms with van der Waals surface area (Å²) < 4.78 is 5.95. The van der Waals surface area contributed by atoms with Gasteiger partial charge < -0.3 is 14.7 Å². The Balaban J connectivity index is 2.15. The molecule has 2 aromatic rings. The van der Waals surface area contributed by atoms with E-state index in [0.717, 1.165) is 11.3 Å². The van der Waals surface area contributed by atoms with E-state index in [4.69, 9.17) is 4.74 Å². The van der Waals surface area contributed by atoms with Gasteiger partial charge in [0.05, 0.1) is 0 Å². The Hall–Kier alpha value is -1.84. The summed E-state index contributed by atoms with van der Waals surface area (Å²) in [6, 6.07) is 19.2. The highest BCUT2D eigenvalue weighted by Gasteiger charge is 2.23. The smallest absolute Gasteiger partial charge is 0.141 e. The van der Waals surface area contributed by atoms with Crippen molar-refractivity contribution in [2.75, 3.05) is 20.6 Å². The molecule has 3 heteroatoms.